The van der Waals surface area contributed by atoms with Gasteiger partial charge in [-0.25, -0.2) is 13.6 Å². The van der Waals surface area contributed by atoms with Crippen LogP contribution in [0.1, 0.15) is 11.1 Å². The zero-order valence-electron chi connectivity index (χ0n) is 12.4. The minimum atomic E-state index is -4.47. The monoisotopic (exact) mass is 376 g/mol. The van der Waals surface area contributed by atoms with Gasteiger partial charge < -0.3 is 4.74 Å². The van der Waals surface area contributed by atoms with Crippen LogP contribution < -0.4 is 9.88 Å². The molecule has 25 heavy (non-hydrogen) atoms. The van der Waals surface area contributed by atoms with Crippen LogP contribution in [0.25, 0.3) is 0 Å². The van der Waals surface area contributed by atoms with Gasteiger partial charge in [-0.1, -0.05) is 12.1 Å². The van der Waals surface area contributed by atoms with Gasteiger partial charge in [0.2, 0.25) is 10.0 Å². The van der Waals surface area contributed by atoms with Crippen molar-refractivity contribution in [1.82, 2.24) is 0 Å². The Morgan fingerprint density at radius 2 is 1.72 bits per heavy atom. The van der Waals surface area contributed by atoms with E-state index in [9.17, 15) is 31.7 Å². The summed E-state index contributed by atoms with van der Waals surface area (Å²) < 4.78 is 65.1. The Bertz CT molecular complexity index is 896. The number of rotatable bonds is 5. The van der Waals surface area contributed by atoms with Gasteiger partial charge in [0.15, 0.2) is 5.75 Å². The summed E-state index contributed by atoms with van der Waals surface area (Å²) in [6.07, 6.45) is -4.47. The third-order valence-electron chi connectivity index (χ3n) is 3.13. The number of nitro groups is 1. The molecule has 0 aliphatic heterocycles. The van der Waals surface area contributed by atoms with Crippen LogP contribution in [0.3, 0.4) is 0 Å². The van der Waals surface area contributed by atoms with Gasteiger partial charge in [0.05, 0.1) is 15.4 Å². The zero-order valence-corrected chi connectivity index (χ0v) is 13.2. The highest BCUT2D eigenvalue weighted by atomic mass is 32.2. The van der Waals surface area contributed by atoms with E-state index >= 15 is 0 Å². The maximum Gasteiger partial charge on any atom is 0.416 e. The van der Waals surface area contributed by atoms with Crippen LogP contribution in [-0.4, -0.2) is 13.3 Å². The maximum atomic E-state index is 12.5. The number of hydrogen-bond acceptors (Lipinski definition) is 5. The molecule has 2 N–H and O–H groups in total. The molecule has 0 aliphatic carbocycles. The van der Waals surface area contributed by atoms with Crippen LogP contribution in [0.2, 0.25) is 0 Å². The van der Waals surface area contributed by atoms with Crippen LogP contribution in [0, 0.1) is 10.1 Å². The van der Waals surface area contributed by atoms with Gasteiger partial charge in [0.1, 0.15) is 6.61 Å². The van der Waals surface area contributed by atoms with Gasteiger partial charge in [-0.05, 0) is 29.8 Å². The van der Waals surface area contributed by atoms with Gasteiger partial charge in [-0.2, -0.15) is 13.2 Å². The van der Waals surface area contributed by atoms with Gasteiger partial charge >= 0.3 is 11.9 Å². The molecule has 134 valence electrons. The molecule has 0 fully saturated rings. The SMILES string of the molecule is NS(=O)(=O)c1ccc(OCc2ccc(C(F)(F)F)cc2)c([N+](=O)[O-])c1. The molecule has 0 saturated carbocycles. The van der Waals surface area contributed by atoms with Crippen LogP contribution in [0.15, 0.2) is 47.4 Å². The Balaban J connectivity index is 2.22. The van der Waals surface area contributed by atoms with E-state index in [1.165, 1.54) is 12.1 Å². The molecule has 7 nitrogen and oxygen atoms in total. The van der Waals surface area contributed by atoms with Crippen molar-refractivity contribution < 1.29 is 31.2 Å². The number of nitro benzene ring substituents is 1. The fourth-order valence-electron chi connectivity index (χ4n) is 1.89. The maximum absolute atomic E-state index is 12.5. The molecule has 0 spiro atoms. The number of alkyl halides is 3. The Morgan fingerprint density at radius 1 is 1.12 bits per heavy atom. The smallest absolute Gasteiger partial charge is 0.416 e. The van der Waals surface area contributed by atoms with Crippen molar-refractivity contribution in [3.63, 3.8) is 0 Å². The van der Waals surface area contributed by atoms with E-state index in [1.807, 2.05) is 0 Å². The number of primary sulfonamides is 1. The normalized spacial score (nSPS) is 12.0. The second-order valence-corrected chi connectivity index (χ2v) is 6.48. The van der Waals surface area contributed by atoms with Crippen molar-refractivity contribution in [2.75, 3.05) is 0 Å². The third kappa shape index (κ3) is 4.67. The molecule has 2 rings (SSSR count). The molecule has 0 atom stereocenters. The van der Waals surface area contributed by atoms with Gasteiger partial charge in [-0.3, -0.25) is 10.1 Å². The first-order chi connectivity index (χ1) is 11.5. The van der Waals surface area contributed by atoms with E-state index in [1.54, 1.807) is 0 Å². The highest BCUT2D eigenvalue weighted by Crippen LogP contribution is 2.31. The van der Waals surface area contributed by atoms with Gasteiger partial charge in [-0.15, -0.1) is 0 Å². The molecule has 0 heterocycles. The fourth-order valence-corrected chi connectivity index (χ4v) is 2.42. The van der Waals surface area contributed by atoms with Crippen molar-refractivity contribution in [2.45, 2.75) is 17.7 Å². The first kappa shape index (κ1) is 18.7. The number of halogens is 3. The lowest BCUT2D eigenvalue weighted by Crippen LogP contribution is -2.12. The molecule has 0 aliphatic rings. The van der Waals surface area contributed by atoms with Crippen molar-refractivity contribution >= 4 is 15.7 Å². The summed E-state index contributed by atoms with van der Waals surface area (Å²) in [5.41, 5.74) is -1.11. The molecule has 0 saturated heterocycles. The Hall–Kier alpha value is -2.66. The first-order valence-corrected chi connectivity index (χ1v) is 8.13. The number of benzene rings is 2. The van der Waals surface area contributed by atoms with Crippen LogP contribution in [-0.2, 0) is 22.8 Å². The minimum Gasteiger partial charge on any atom is -0.482 e. The standard InChI is InChI=1S/C14H11F3N2O5S/c15-14(16,17)10-3-1-9(2-4-10)8-24-13-6-5-11(25(18,22)23)7-12(13)19(20)21/h1-7H,8H2,(H2,18,22,23). The summed E-state index contributed by atoms with van der Waals surface area (Å²) in [5, 5.41) is 15.9. The van der Waals surface area contributed by atoms with Gasteiger partial charge in [0, 0.05) is 6.07 Å². The Kier molecular flexibility index (Phi) is 4.99. The predicted octanol–water partition coefficient (Wildman–Crippen LogP) is 2.84. The summed E-state index contributed by atoms with van der Waals surface area (Å²) in [6.45, 7) is -0.242. The van der Waals surface area contributed by atoms with Crippen LogP contribution in [0.4, 0.5) is 18.9 Å². The lowest BCUT2D eigenvalue weighted by Gasteiger charge is -2.10. The molecule has 0 radical (unpaired) electrons. The Morgan fingerprint density at radius 3 is 2.20 bits per heavy atom. The molecule has 0 aromatic heterocycles. The van der Waals surface area contributed by atoms with Crippen LogP contribution in [0.5, 0.6) is 5.75 Å². The topological polar surface area (TPSA) is 113 Å². The molecule has 11 heteroatoms. The lowest BCUT2D eigenvalue weighted by molar-refractivity contribution is -0.386. The molecular weight excluding hydrogens is 365 g/mol. The fraction of sp³-hybridized carbons (Fsp3) is 0.143. The first-order valence-electron chi connectivity index (χ1n) is 6.58. The van der Waals surface area contributed by atoms with E-state index in [0.717, 1.165) is 30.3 Å². The number of ether oxygens (including phenoxy) is 1. The van der Waals surface area contributed by atoms with E-state index in [-0.39, 0.29) is 12.4 Å². The lowest BCUT2D eigenvalue weighted by atomic mass is 10.1. The highest BCUT2D eigenvalue weighted by molar-refractivity contribution is 7.89. The van der Waals surface area contributed by atoms with E-state index < -0.39 is 37.3 Å². The van der Waals surface area contributed by atoms with E-state index in [0.29, 0.717) is 5.56 Å². The summed E-state index contributed by atoms with van der Waals surface area (Å²) in [7, 11) is -4.13. The van der Waals surface area contributed by atoms with Crippen LogP contribution >= 0.6 is 0 Å². The quantitative estimate of drug-likeness (QED) is 0.637. The number of hydrogen-bond donors (Lipinski definition) is 1. The Labute approximate surface area is 140 Å². The summed E-state index contributed by atoms with van der Waals surface area (Å²) in [5.74, 6) is -0.239. The second-order valence-electron chi connectivity index (χ2n) is 4.92. The summed E-state index contributed by atoms with van der Waals surface area (Å²) >= 11 is 0. The minimum absolute atomic E-state index is 0.239. The molecule has 0 bridgehead atoms. The largest absolute Gasteiger partial charge is 0.482 e. The average molecular weight is 376 g/mol. The summed E-state index contributed by atoms with van der Waals surface area (Å²) in [4.78, 5) is 9.72. The average Bonchev–Trinajstić information content (AvgIpc) is 2.51. The molecule has 0 unspecified atom stereocenters. The second kappa shape index (κ2) is 6.69. The zero-order chi connectivity index (χ0) is 18.8. The highest BCUT2D eigenvalue weighted by Gasteiger charge is 2.30. The van der Waals surface area contributed by atoms with E-state index in [4.69, 9.17) is 9.88 Å². The van der Waals surface area contributed by atoms with E-state index in [2.05, 4.69) is 0 Å². The van der Waals surface area contributed by atoms with Crippen molar-refractivity contribution in [2.24, 2.45) is 5.14 Å². The number of nitrogens with two attached hydrogens (primary N) is 1. The van der Waals surface area contributed by atoms with Crippen molar-refractivity contribution in [1.29, 1.82) is 0 Å². The van der Waals surface area contributed by atoms with Crippen molar-refractivity contribution in [3.8, 4) is 5.75 Å². The third-order valence-corrected chi connectivity index (χ3v) is 4.04. The van der Waals surface area contributed by atoms with Gasteiger partial charge in [0.25, 0.3) is 0 Å². The molecule has 2 aromatic rings. The van der Waals surface area contributed by atoms with Crippen molar-refractivity contribution in [3.05, 3.63) is 63.7 Å². The predicted molar refractivity (Wildman–Crippen MR) is 80.2 cm³/mol. The molecule has 0 amide bonds. The molecule has 2 aromatic carbocycles. The molecular formula is C14H11F3N2O5S. The summed E-state index contributed by atoms with van der Waals surface area (Å²) in [6, 6.07) is 6.90. The number of sulfonamides is 1. The number of nitrogens with zero attached hydrogens (tertiary/aromatic N) is 1.